The molecule has 0 atom stereocenters. The van der Waals surface area contributed by atoms with Crippen LogP contribution in [0.4, 0.5) is 0 Å². The van der Waals surface area contributed by atoms with E-state index in [4.69, 9.17) is 19.8 Å². The Hall–Kier alpha value is -0.311. The quantitative estimate of drug-likeness (QED) is 0.254. The van der Waals surface area contributed by atoms with Gasteiger partial charge in [0.25, 0.3) is 0 Å². The second-order valence-electron chi connectivity index (χ2n) is 0.575. The normalized spacial score (nSPS) is 5.50. The maximum absolute atomic E-state index is 8.93. The van der Waals surface area contributed by atoms with Crippen molar-refractivity contribution in [2.24, 2.45) is 0 Å². The predicted molar refractivity (Wildman–Crippen MR) is 21.5 cm³/mol. The van der Waals surface area contributed by atoms with Crippen molar-refractivity contribution < 1.29 is 19.8 Å². The Labute approximate surface area is 60.7 Å². The Balaban J connectivity index is -0.000000125. The van der Waals surface area contributed by atoms with Crippen LogP contribution in [0.2, 0.25) is 0 Å². The molecule has 6 heteroatoms. The summed E-state index contributed by atoms with van der Waals surface area (Å²) in [6.45, 7) is 0. The second kappa shape index (κ2) is 6.69. The summed E-state index contributed by atoms with van der Waals surface area (Å²) in [7, 11) is 0. The zero-order valence-electron chi connectivity index (χ0n) is 3.71. The molecule has 0 rings (SSSR count). The molecule has 0 radical (unpaired) electrons. The third-order valence-corrected chi connectivity index (χ3v) is 0.167. The van der Waals surface area contributed by atoms with Crippen molar-refractivity contribution >= 4 is 40.3 Å². The van der Waals surface area contributed by atoms with Gasteiger partial charge in [-0.15, -0.1) is 0 Å². The van der Waals surface area contributed by atoms with E-state index < -0.39 is 11.9 Å². The molecule has 0 saturated heterocycles. The third-order valence-electron chi connectivity index (χ3n) is 0.167. The van der Waals surface area contributed by atoms with Crippen LogP contribution in [-0.2, 0) is 9.59 Å². The van der Waals surface area contributed by atoms with E-state index in [0.717, 1.165) is 0 Å². The topological polar surface area (TPSA) is 80.3 Å². The summed E-state index contributed by atoms with van der Waals surface area (Å²) in [6, 6.07) is 0. The van der Waals surface area contributed by atoms with Crippen LogP contribution in [0.3, 0.4) is 0 Å². The first-order chi connectivity index (χ1) is 2.64. The molecule has 8 heavy (non-hydrogen) atoms. The van der Waals surface area contributed by atoms with Crippen molar-refractivity contribution in [1.29, 1.82) is 0 Å². The first-order valence-electron chi connectivity index (χ1n) is 1.07. The number of aliphatic carboxylic acids is 2. The van der Waals surface area contributed by atoms with Crippen LogP contribution in [0.15, 0.2) is 0 Å². The summed E-state index contributed by atoms with van der Waals surface area (Å²) < 4.78 is 0. The molecule has 34 valence electrons. The third kappa shape index (κ3) is 9.19. The SMILES string of the molecule is O=C([O-])C(=O)[O-].[Al+3].[Si+4]. The fourth-order valence-corrected chi connectivity index (χ4v) is 0. The molecule has 0 aromatic heterocycles. The van der Waals surface area contributed by atoms with Gasteiger partial charge in [0.15, 0.2) is 0 Å². The predicted octanol–water partition coefficient (Wildman–Crippen LogP) is -4.28. The van der Waals surface area contributed by atoms with Gasteiger partial charge in [0, 0.05) is 0 Å². The smallest absolute Gasteiger partial charge is 0.543 e. The molecule has 0 heterocycles. The van der Waals surface area contributed by atoms with Gasteiger partial charge in [-0.3, -0.25) is 0 Å². The monoisotopic (exact) mass is 143 g/mol. The molecule has 0 amide bonds. The molecule has 4 nitrogen and oxygen atoms in total. The van der Waals surface area contributed by atoms with Crippen LogP contribution in [-0.4, -0.2) is 40.3 Å². The fourth-order valence-electron chi connectivity index (χ4n) is 0. The van der Waals surface area contributed by atoms with E-state index in [1.54, 1.807) is 0 Å². The average Bonchev–Trinajstić information content (AvgIpc) is 1.36. The van der Waals surface area contributed by atoms with Crippen LogP contribution in [0.25, 0.3) is 0 Å². The molecule has 0 aliphatic rings. The van der Waals surface area contributed by atoms with Gasteiger partial charge >= 0.3 is 28.3 Å². The van der Waals surface area contributed by atoms with Crippen LogP contribution >= 0.6 is 0 Å². The summed E-state index contributed by atoms with van der Waals surface area (Å²) in [4.78, 5) is 17.9. The van der Waals surface area contributed by atoms with Crippen LogP contribution in [0.5, 0.6) is 0 Å². The second-order valence-corrected chi connectivity index (χ2v) is 0.575. The maximum atomic E-state index is 8.93. The van der Waals surface area contributed by atoms with Gasteiger partial charge in [-0.05, 0) is 0 Å². The number of hydrogen-bond acceptors (Lipinski definition) is 4. The van der Waals surface area contributed by atoms with Crippen LogP contribution in [0, 0.1) is 0 Å². The molecule has 0 aromatic carbocycles. The van der Waals surface area contributed by atoms with E-state index in [1.807, 2.05) is 0 Å². The van der Waals surface area contributed by atoms with E-state index in [0.29, 0.717) is 0 Å². The van der Waals surface area contributed by atoms with Gasteiger partial charge in [-0.2, -0.15) is 0 Å². The zero-order chi connectivity index (χ0) is 5.15. The summed E-state index contributed by atoms with van der Waals surface area (Å²) in [6.07, 6.45) is 0. The van der Waals surface area contributed by atoms with E-state index in [-0.39, 0.29) is 28.3 Å². The van der Waals surface area contributed by atoms with Gasteiger partial charge in [-0.25, -0.2) is 0 Å². The van der Waals surface area contributed by atoms with Crippen molar-refractivity contribution in [2.45, 2.75) is 0 Å². The van der Waals surface area contributed by atoms with E-state index in [2.05, 4.69) is 0 Å². The Morgan fingerprint density at radius 1 is 1.00 bits per heavy atom. The van der Waals surface area contributed by atoms with Crippen molar-refractivity contribution in [3.8, 4) is 0 Å². The fraction of sp³-hybridized carbons (Fsp3) is 0. The zero-order valence-corrected chi connectivity index (χ0v) is 5.87. The molecule has 0 saturated carbocycles. The van der Waals surface area contributed by atoms with Gasteiger partial charge in [0.2, 0.25) is 0 Å². The van der Waals surface area contributed by atoms with Crippen molar-refractivity contribution in [2.75, 3.05) is 0 Å². The number of carbonyl (C=O) groups is 2. The minimum absolute atomic E-state index is 0. The number of hydrogen-bond donors (Lipinski definition) is 0. The summed E-state index contributed by atoms with van der Waals surface area (Å²) in [5.74, 6) is -4.37. The molecular weight excluding hydrogens is 143 g/mol. The number of carbonyl (C=O) groups excluding carboxylic acids is 2. The Bertz CT molecular complexity index is 80.0. The molecule has 0 bridgehead atoms. The van der Waals surface area contributed by atoms with Gasteiger partial charge in [-0.1, -0.05) is 0 Å². The minimum Gasteiger partial charge on any atom is -0.543 e. The van der Waals surface area contributed by atoms with E-state index in [9.17, 15) is 0 Å². The van der Waals surface area contributed by atoms with E-state index >= 15 is 0 Å². The number of carboxylic acid groups (broad SMARTS) is 2. The number of rotatable bonds is 0. The first-order valence-corrected chi connectivity index (χ1v) is 1.07. The van der Waals surface area contributed by atoms with Crippen LogP contribution in [0.1, 0.15) is 0 Å². The molecule has 0 spiro atoms. The standard InChI is InChI=1S/C2H2O4.Al.Si/c3-1(4)2(5)6;;/h(H,3,4)(H,5,6);;/q;+3;+4/p-2. The molecular formula is C2AlO4Si+5. The largest absolute Gasteiger partial charge is 4.00 e. The van der Waals surface area contributed by atoms with Crippen molar-refractivity contribution in [3.63, 3.8) is 0 Å². The summed E-state index contributed by atoms with van der Waals surface area (Å²) in [5.41, 5.74) is 0. The number of carboxylic acids is 2. The molecule has 0 N–H and O–H groups in total. The first kappa shape index (κ1) is 15.6. The Kier molecular flexibility index (Phi) is 13.1. The molecule has 0 aliphatic heterocycles. The molecule has 0 aromatic rings. The van der Waals surface area contributed by atoms with Crippen LogP contribution < -0.4 is 10.2 Å². The Morgan fingerprint density at radius 2 is 1.12 bits per heavy atom. The minimum atomic E-state index is -2.19. The van der Waals surface area contributed by atoms with Gasteiger partial charge in [0.1, 0.15) is 0 Å². The maximum Gasteiger partial charge on any atom is 4.00 e. The molecule has 0 unspecified atom stereocenters. The summed E-state index contributed by atoms with van der Waals surface area (Å²) >= 11 is 0. The van der Waals surface area contributed by atoms with Crippen molar-refractivity contribution in [3.05, 3.63) is 0 Å². The molecule has 0 fully saturated rings. The Morgan fingerprint density at radius 3 is 1.12 bits per heavy atom. The van der Waals surface area contributed by atoms with Gasteiger partial charge < -0.3 is 19.8 Å². The summed E-state index contributed by atoms with van der Waals surface area (Å²) in [5, 5.41) is 17.9. The molecule has 0 aliphatic carbocycles. The van der Waals surface area contributed by atoms with E-state index in [1.165, 1.54) is 0 Å². The average molecular weight is 143 g/mol. The van der Waals surface area contributed by atoms with Crippen molar-refractivity contribution in [1.82, 2.24) is 0 Å². The van der Waals surface area contributed by atoms with Gasteiger partial charge in [0.05, 0.1) is 11.9 Å².